The van der Waals surface area contributed by atoms with E-state index in [4.69, 9.17) is 41.6 Å². The molecule has 0 aromatic heterocycles. The van der Waals surface area contributed by atoms with E-state index in [1.807, 2.05) is 0 Å². The minimum absolute atomic E-state index is 0.138. The average Bonchev–Trinajstić information content (AvgIpc) is 3.13. The molecule has 3 aliphatic rings. The molecule has 19 nitrogen and oxygen atoms in total. The molecule has 2 saturated heterocycles. The van der Waals surface area contributed by atoms with Gasteiger partial charge in [0, 0.05) is 0 Å². The highest BCUT2D eigenvalue weighted by molar-refractivity contribution is 5.76. The Morgan fingerprint density at radius 3 is 2.17 bits per heavy atom. The van der Waals surface area contributed by atoms with E-state index in [-0.39, 0.29) is 6.29 Å². The van der Waals surface area contributed by atoms with Crippen molar-refractivity contribution < 1.29 is 59.5 Å². The molecule has 2 heterocycles. The molecule has 1 saturated carbocycles. The van der Waals surface area contributed by atoms with Gasteiger partial charge in [0.15, 0.2) is 36.4 Å². The van der Waals surface area contributed by atoms with Crippen molar-refractivity contribution in [3.05, 3.63) is 0 Å². The van der Waals surface area contributed by atoms with Gasteiger partial charge >= 0.3 is 0 Å². The van der Waals surface area contributed by atoms with Crippen LogP contribution >= 0.6 is 0 Å². The first-order valence-corrected chi connectivity index (χ1v) is 12.4. The Morgan fingerprint density at radius 2 is 1.65 bits per heavy atom. The van der Waals surface area contributed by atoms with Crippen LogP contribution in [0.5, 0.6) is 0 Å². The van der Waals surface area contributed by atoms with Crippen LogP contribution in [0, 0.1) is 5.41 Å². The van der Waals surface area contributed by atoms with Crippen molar-refractivity contribution in [3.63, 3.8) is 0 Å². The van der Waals surface area contributed by atoms with Gasteiger partial charge in [0.25, 0.3) is 0 Å². The summed E-state index contributed by atoms with van der Waals surface area (Å²) in [5, 5.41) is 86.6. The summed E-state index contributed by atoms with van der Waals surface area (Å²) in [6, 6.07) is -4.02. The van der Waals surface area contributed by atoms with Gasteiger partial charge in [-0.3, -0.25) is 10.2 Å². The highest BCUT2D eigenvalue weighted by Gasteiger charge is 2.60. The van der Waals surface area contributed by atoms with E-state index in [2.05, 4.69) is 15.6 Å². The summed E-state index contributed by atoms with van der Waals surface area (Å²) < 4.78 is 22.9. The summed E-state index contributed by atoms with van der Waals surface area (Å²) in [6.07, 6.45) is -17.3. The van der Waals surface area contributed by atoms with Gasteiger partial charge in [-0.25, -0.2) is 4.99 Å². The Kier molecular flexibility index (Phi) is 10.2. The number of rotatable bonds is 9. The van der Waals surface area contributed by atoms with Crippen molar-refractivity contribution in [2.75, 3.05) is 13.7 Å². The van der Waals surface area contributed by atoms with Crippen LogP contribution in [0.2, 0.25) is 0 Å². The van der Waals surface area contributed by atoms with Crippen molar-refractivity contribution in [3.8, 4) is 0 Å². The van der Waals surface area contributed by atoms with Crippen LogP contribution in [0.25, 0.3) is 0 Å². The molecule has 16 N–H and O–H groups in total. The van der Waals surface area contributed by atoms with E-state index in [9.17, 15) is 40.5 Å². The zero-order valence-electron chi connectivity index (χ0n) is 21.7. The van der Waals surface area contributed by atoms with Crippen LogP contribution in [0.3, 0.4) is 0 Å². The standard InChI is InChI=1S/C21H39N7O12/c1-5-21(36,4-30)16(40-17-9(26-2)13(34)10(31)6(3-29)38-17)18(37-5)39-15-8(28-20(24)25)11(32)7(27-19(22)23)12(33)14(15)35/h4-18,26,29,31-36H,3H2,1-2H3,(H4,22,23,27)(H4,24,25,28)/t5?,6?,7-,8?,9?,10+,11-,12?,13-,14?,15-,16-,17-,18?,21+/m1/s1. The second kappa shape index (κ2) is 12.7. The topological polar surface area (TPSA) is 334 Å². The van der Waals surface area contributed by atoms with Gasteiger partial charge in [-0.2, -0.15) is 0 Å². The van der Waals surface area contributed by atoms with Gasteiger partial charge in [-0.15, -0.1) is 0 Å². The Hall–Kier alpha value is -2.27. The number of hydrogen-bond donors (Lipinski definition) is 13. The summed E-state index contributed by atoms with van der Waals surface area (Å²) in [4.78, 5) is 15.8. The van der Waals surface area contributed by atoms with Crippen molar-refractivity contribution >= 4 is 18.2 Å². The second-order valence-electron chi connectivity index (χ2n) is 9.93. The van der Waals surface area contributed by atoms with Gasteiger partial charge in [-0.1, -0.05) is 0 Å². The fourth-order valence-electron chi connectivity index (χ4n) is 5.13. The summed E-state index contributed by atoms with van der Waals surface area (Å²) in [5.74, 6) is -1.16. The van der Waals surface area contributed by atoms with Crippen LogP contribution in [0.15, 0.2) is 4.99 Å². The maximum Gasteiger partial charge on any atom is 0.188 e. The van der Waals surface area contributed by atoms with Crippen LogP contribution in [-0.2, 0) is 23.7 Å². The Bertz CT molecular complexity index is 930. The third-order valence-electron chi connectivity index (χ3n) is 7.40. The number of aliphatic hydroxyl groups excluding tert-OH is 6. The predicted octanol–water partition coefficient (Wildman–Crippen LogP) is -7.95. The first kappa shape index (κ1) is 32.2. The molecule has 0 radical (unpaired) electrons. The molecular formula is C21H39N7O12. The molecule has 0 spiro atoms. The van der Waals surface area contributed by atoms with Crippen molar-refractivity contribution in [1.29, 1.82) is 5.41 Å². The first-order valence-electron chi connectivity index (χ1n) is 12.4. The Balaban J connectivity index is 1.95. The smallest absolute Gasteiger partial charge is 0.188 e. The number of hydrogen-bond acceptors (Lipinski definition) is 15. The number of nitrogens with one attached hydrogen (secondary N) is 3. The molecule has 230 valence electrons. The lowest BCUT2D eigenvalue weighted by Gasteiger charge is -2.46. The zero-order chi connectivity index (χ0) is 30.1. The van der Waals surface area contributed by atoms with E-state index in [0.717, 1.165) is 0 Å². The van der Waals surface area contributed by atoms with Crippen molar-refractivity contribution in [2.24, 2.45) is 22.2 Å². The Morgan fingerprint density at radius 1 is 1.00 bits per heavy atom. The maximum atomic E-state index is 12.1. The number of aliphatic hydroxyl groups is 7. The van der Waals surface area contributed by atoms with Crippen molar-refractivity contribution in [2.45, 2.75) is 98.2 Å². The molecular weight excluding hydrogens is 542 g/mol. The van der Waals surface area contributed by atoms with Crippen LogP contribution in [-0.4, -0.2) is 159 Å². The van der Waals surface area contributed by atoms with E-state index in [1.165, 1.54) is 14.0 Å². The SMILES string of the molecule is CNC1[C@@H](O[C@@H]2C(O[C@H]3C(O)C(O)[C@H](N=C(N)N)[C@@H](O)C3NC(=N)N)OC(C)[C@@]2(O)C=O)OC(CO)[C@H](O)[C@@H]1O. The van der Waals surface area contributed by atoms with Gasteiger partial charge in [-0.05, 0) is 14.0 Å². The lowest BCUT2D eigenvalue weighted by Crippen LogP contribution is -2.70. The Labute approximate surface area is 228 Å². The monoisotopic (exact) mass is 581 g/mol. The molecule has 0 bridgehead atoms. The van der Waals surface area contributed by atoms with Gasteiger partial charge < -0.3 is 82.5 Å². The zero-order valence-corrected chi connectivity index (χ0v) is 21.7. The van der Waals surface area contributed by atoms with Crippen LogP contribution in [0.4, 0.5) is 0 Å². The lowest BCUT2D eigenvalue weighted by atomic mass is 9.81. The van der Waals surface area contributed by atoms with Crippen LogP contribution < -0.4 is 27.8 Å². The number of guanidine groups is 2. The van der Waals surface area contributed by atoms with Gasteiger partial charge in [0.2, 0.25) is 0 Å². The number of carbonyl (C=O) groups is 1. The lowest BCUT2D eigenvalue weighted by molar-refractivity contribution is -0.314. The number of ether oxygens (including phenoxy) is 4. The number of carbonyl (C=O) groups excluding carboxylic acids is 1. The fourth-order valence-corrected chi connectivity index (χ4v) is 5.13. The molecule has 19 heteroatoms. The van der Waals surface area contributed by atoms with E-state index in [0.29, 0.717) is 0 Å². The average molecular weight is 582 g/mol. The molecule has 0 aromatic rings. The summed E-state index contributed by atoms with van der Waals surface area (Å²) in [6.45, 7) is 0.616. The highest BCUT2D eigenvalue weighted by Crippen LogP contribution is 2.38. The molecule has 40 heavy (non-hydrogen) atoms. The number of aliphatic imine (C=N–C) groups is 1. The minimum Gasteiger partial charge on any atom is -0.394 e. The summed E-state index contributed by atoms with van der Waals surface area (Å²) in [5.41, 5.74) is 13.8. The highest BCUT2D eigenvalue weighted by atomic mass is 16.8. The minimum atomic E-state index is -2.39. The number of aldehydes is 1. The molecule has 0 amide bonds. The largest absolute Gasteiger partial charge is 0.394 e. The molecule has 15 atom stereocenters. The normalized spacial score (nSPS) is 47.4. The fraction of sp³-hybridized carbons (Fsp3) is 0.857. The summed E-state index contributed by atoms with van der Waals surface area (Å²) in [7, 11) is 1.42. The molecule has 3 fully saturated rings. The molecule has 2 aliphatic heterocycles. The quantitative estimate of drug-likeness (QED) is 0.0682. The van der Waals surface area contributed by atoms with Crippen LogP contribution in [0.1, 0.15) is 6.92 Å². The first-order chi connectivity index (χ1) is 18.7. The van der Waals surface area contributed by atoms with E-state index in [1.54, 1.807) is 0 Å². The number of nitrogens with two attached hydrogens (primary N) is 3. The number of likely N-dealkylation sites (N-methyl/N-ethyl adjacent to an activating group) is 1. The third-order valence-corrected chi connectivity index (χ3v) is 7.40. The maximum absolute atomic E-state index is 12.1. The number of nitrogens with zero attached hydrogens (tertiary/aromatic N) is 1. The van der Waals surface area contributed by atoms with E-state index >= 15 is 0 Å². The second-order valence-corrected chi connectivity index (χ2v) is 9.93. The summed E-state index contributed by atoms with van der Waals surface area (Å²) >= 11 is 0. The van der Waals surface area contributed by atoms with Crippen molar-refractivity contribution in [1.82, 2.24) is 10.6 Å². The molecule has 7 unspecified atom stereocenters. The van der Waals surface area contributed by atoms with Gasteiger partial charge in [0.1, 0.15) is 54.9 Å². The van der Waals surface area contributed by atoms with E-state index < -0.39 is 110 Å². The molecule has 0 aromatic carbocycles. The molecule has 1 aliphatic carbocycles. The van der Waals surface area contributed by atoms with Gasteiger partial charge in [0.05, 0.1) is 24.8 Å². The third kappa shape index (κ3) is 6.00. The molecule has 3 rings (SSSR count). The predicted molar refractivity (Wildman–Crippen MR) is 132 cm³/mol.